The summed E-state index contributed by atoms with van der Waals surface area (Å²) in [7, 11) is 0. The Kier molecular flexibility index (Phi) is 4.36. The third kappa shape index (κ3) is 3.12. The molecular formula is C21H13N3O5. The summed E-state index contributed by atoms with van der Waals surface area (Å²) in [5.41, 5.74) is 1.07. The first-order valence-corrected chi connectivity index (χ1v) is 8.60. The lowest BCUT2D eigenvalue weighted by Gasteiger charge is -2.13. The van der Waals surface area contributed by atoms with Gasteiger partial charge in [0.25, 0.3) is 11.4 Å². The highest BCUT2D eigenvalue weighted by Crippen LogP contribution is 2.37. The number of nitro benzene ring substituents is 1. The van der Waals surface area contributed by atoms with Gasteiger partial charge in [-0.05, 0) is 29.8 Å². The summed E-state index contributed by atoms with van der Waals surface area (Å²) in [5, 5.41) is 22.8. The Hall–Kier alpha value is -4.33. The molecule has 2 heterocycles. The van der Waals surface area contributed by atoms with Crippen LogP contribution in [0.1, 0.15) is 16.1 Å². The smallest absolute Gasteiger partial charge is 0.281 e. The molecule has 0 radical (unpaired) electrons. The topological polar surface area (TPSA) is 108 Å². The molecule has 0 fully saturated rings. The van der Waals surface area contributed by atoms with Gasteiger partial charge < -0.3 is 4.40 Å². The van der Waals surface area contributed by atoms with E-state index in [9.17, 15) is 25.0 Å². The quantitative estimate of drug-likeness (QED) is 0.281. The van der Waals surface area contributed by atoms with Crippen LogP contribution in [0, 0.1) is 20.2 Å². The predicted octanol–water partition coefficient (Wildman–Crippen LogP) is 4.65. The number of aromatic nitrogens is 1. The van der Waals surface area contributed by atoms with Crippen molar-refractivity contribution in [3.05, 3.63) is 110 Å². The molecule has 0 unspecified atom stereocenters. The largest absolute Gasteiger partial charge is 0.313 e. The Labute approximate surface area is 163 Å². The molecule has 0 aliphatic heterocycles. The summed E-state index contributed by atoms with van der Waals surface area (Å²) in [6.45, 7) is 0. The summed E-state index contributed by atoms with van der Waals surface area (Å²) in [4.78, 5) is 35.0. The summed E-state index contributed by atoms with van der Waals surface area (Å²) < 4.78 is 1.60. The van der Waals surface area contributed by atoms with Gasteiger partial charge in [0.2, 0.25) is 5.78 Å². The summed E-state index contributed by atoms with van der Waals surface area (Å²) >= 11 is 0. The third-order valence-electron chi connectivity index (χ3n) is 4.61. The Morgan fingerprint density at radius 3 is 2.14 bits per heavy atom. The Balaban J connectivity index is 2.05. The first-order chi connectivity index (χ1) is 14.0. The van der Waals surface area contributed by atoms with Gasteiger partial charge in [-0.25, -0.2) is 0 Å². The van der Waals surface area contributed by atoms with Crippen LogP contribution in [0.5, 0.6) is 0 Å². The molecule has 4 aromatic rings. The first-order valence-electron chi connectivity index (χ1n) is 8.60. The number of nitro groups is 2. The molecule has 0 saturated heterocycles. The van der Waals surface area contributed by atoms with E-state index in [2.05, 4.69) is 0 Å². The lowest BCUT2D eigenvalue weighted by molar-refractivity contribution is -0.385. The molecule has 8 heteroatoms. The Morgan fingerprint density at radius 2 is 1.52 bits per heavy atom. The average molecular weight is 387 g/mol. The molecule has 0 saturated carbocycles. The van der Waals surface area contributed by atoms with Gasteiger partial charge in [0.15, 0.2) is 0 Å². The van der Waals surface area contributed by atoms with Crippen molar-refractivity contribution in [3.8, 4) is 11.1 Å². The molecule has 29 heavy (non-hydrogen) atoms. The third-order valence-corrected chi connectivity index (χ3v) is 4.61. The number of rotatable bonds is 5. The Bertz CT molecular complexity index is 1260. The zero-order valence-electron chi connectivity index (χ0n) is 14.9. The van der Waals surface area contributed by atoms with Gasteiger partial charge in [0.05, 0.1) is 20.9 Å². The van der Waals surface area contributed by atoms with E-state index in [-0.39, 0.29) is 28.4 Å². The molecule has 0 aliphatic rings. The van der Waals surface area contributed by atoms with Gasteiger partial charge in [-0.15, -0.1) is 0 Å². The van der Waals surface area contributed by atoms with Crippen molar-refractivity contribution in [1.82, 2.24) is 4.40 Å². The van der Waals surface area contributed by atoms with Crippen molar-refractivity contribution in [3.63, 3.8) is 0 Å². The fourth-order valence-corrected chi connectivity index (χ4v) is 3.30. The summed E-state index contributed by atoms with van der Waals surface area (Å²) in [6.07, 6.45) is 1.66. The molecule has 0 N–H and O–H groups in total. The van der Waals surface area contributed by atoms with E-state index in [0.717, 1.165) is 0 Å². The molecule has 0 bridgehead atoms. The number of ketones is 1. The number of benzene rings is 2. The molecule has 2 aromatic carbocycles. The number of nitrogens with zero attached hydrogens (tertiary/aromatic N) is 3. The maximum atomic E-state index is 13.4. The van der Waals surface area contributed by atoms with Gasteiger partial charge in [-0.2, -0.15) is 0 Å². The van der Waals surface area contributed by atoms with Crippen LogP contribution in [0.15, 0.2) is 79.0 Å². The van der Waals surface area contributed by atoms with Crippen molar-refractivity contribution in [2.75, 3.05) is 0 Å². The first kappa shape index (κ1) is 18.1. The number of pyridine rings is 1. The summed E-state index contributed by atoms with van der Waals surface area (Å²) in [6, 6.07) is 18.6. The van der Waals surface area contributed by atoms with Crippen LogP contribution < -0.4 is 0 Å². The van der Waals surface area contributed by atoms with E-state index in [1.165, 1.54) is 30.3 Å². The maximum absolute atomic E-state index is 13.4. The SMILES string of the molecule is O=C(c1ccccc1)c1c(-c2ccc([N+](=O)[O-])cc2)c([N+](=O)[O-])cc2cccn12. The highest BCUT2D eigenvalue weighted by Gasteiger charge is 2.27. The second kappa shape index (κ2) is 7.01. The minimum Gasteiger partial charge on any atom is -0.313 e. The average Bonchev–Trinajstić information content (AvgIpc) is 3.21. The van der Waals surface area contributed by atoms with Gasteiger partial charge >= 0.3 is 0 Å². The molecule has 0 amide bonds. The second-order valence-electron chi connectivity index (χ2n) is 6.31. The van der Waals surface area contributed by atoms with Gasteiger partial charge in [-0.1, -0.05) is 30.3 Å². The fourth-order valence-electron chi connectivity index (χ4n) is 3.30. The zero-order chi connectivity index (χ0) is 20.5. The number of non-ortho nitro benzene ring substituents is 1. The van der Waals surface area contributed by atoms with Crippen molar-refractivity contribution in [2.24, 2.45) is 0 Å². The van der Waals surface area contributed by atoms with Crippen LogP contribution in [-0.4, -0.2) is 20.0 Å². The normalized spacial score (nSPS) is 10.8. The zero-order valence-corrected chi connectivity index (χ0v) is 14.9. The van der Waals surface area contributed by atoms with Gasteiger partial charge in [0, 0.05) is 30.0 Å². The molecule has 4 rings (SSSR count). The fraction of sp³-hybridized carbons (Fsp3) is 0. The molecule has 2 aromatic heterocycles. The number of hydrogen-bond donors (Lipinski definition) is 0. The number of fused-ring (bicyclic) bond motifs is 1. The van der Waals surface area contributed by atoms with Crippen LogP contribution in [0.25, 0.3) is 16.6 Å². The maximum Gasteiger partial charge on any atom is 0.281 e. The molecule has 0 aliphatic carbocycles. The minimum absolute atomic E-state index is 0.113. The van der Waals surface area contributed by atoms with E-state index < -0.39 is 9.85 Å². The van der Waals surface area contributed by atoms with Crippen molar-refractivity contribution in [2.45, 2.75) is 0 Å². The molecule has 0 spiro atoms. The Morgan fingerprint density at radius 1 is 0.828 bits per heavy atom. The van der Waals surface area contributed by atoms with Crippen LogP contribution in [-0.2, 0) is 0 Å². The molecular weight excluding hydrogens is 374 g/mol. The molecule has 8 nitrogen and oxygen atoms in total. The van der Waals surface area contributed by atoms with Crippen molar-refractivity contribution in [1.29, 1.82) is 0 Å². The highest BCUT2D eigenvalue weighted by atomic mass is 16.6. The second-order valence-corrected chi connectivity index (χ2v) is 6.31. The van der Waals surface area contributed by atoms with Crippen molar-refractivity contribution >= 4 is 22.7 Å². The van der Waals surface area contributed by atoms with Crippen LogP contribution in [0.3, 0.4) is 0 Å². The van der Waals surface area contributed by atoms with E-state index in [1.807, 2.05) is 0 Å². The van der Waals surface area contributed by atoms with Gasteiger partial charge in [-0.3, -0.25) is 25.0 Å². The van der Waals surface area contributed by atoms with Crippen LogP contribution in [0.4, 0.5) is 11.4 Å². The lowest BCUT2D eigenvalue weighted by atomic mass is 9.96. The lowest BCUT2D eigenvalue weighted by Crippen LogP contribution is -2.11. The standard InChI is InChI=1S/C21H13N3O5/c25-21(15-5-2-1-3-6-15)20-19(14-8-10-16(11-9-14)23(26)27)18(24(28)29)13-17-7-4-12-22(17)20/h1-13H. The van der Waals surface area contributed by atoms with Crippen LogP contribution in [0.2, 0.25) is 0 Å². The van der Waals surface area contributed by atoms with E-state index >= 15 is 0 Å². The van der Waals surface area contributed by atoms with Crippen LogP contribution >= 0.6 is 0 Å². The van der Waals surface area contributed by atoms with E-state index in [0.29, 0.717) is 16.6 Å². The molecule has 0 atom stereocenters. The predicted molar refractivity (Wildman–Crippen MR) is 106 cm³/mol. The van der Waals surface area contributed by atoms with E-state index in [1.54, 1.807) is 53.1 Å². The molecule has 142 valence electrons. The number of carbonyl (C=O) groups excluding carboxylic acids is 1. The summed E-state index contributed by atoms with van der Waals surface area (Å²) in [5.74, 6) is -0.385. The van der Waals surface area contributed by atoms with E-state index in [4.69, 9.17) is 0 Å². The monoisotopic (exact) mass is 387 g/mol. The number of carbonyl (C=O) groups is 1. The minimum atomic E-state index is -0.552. The van der Waals surface area contributed by atoms with Gasteiger partial charge in [0.1, 0.15) is 5.69 Å². The van der Waals surface area contributed by atoms with Crippen molar-refractivity contribution < 1.29 is 14.6 Å². The number of hydrogen-bond acceptors (Lipinski definition) is 5. The highest BCUT2D eigenvalue weighted by molar-refractivity contribution is 6.13.